The second-order valence-electron chi connectivity index (χ2n) is 7.66. The summed E-state index contributed by atoms with van der Waals surface area (Å²) in [5, 5.41) is 0. The van der Waals surface area contributed by atoms with Crippen molar-refractivity contribution in [2.45, 2.75) is 39.7 Å². The molecule has 0 aromatic heterocycles. The quantitative estimate of drug-likeness (QED) is 0.734. The summed E-state index contributed by atoms with van der Waals surface area (Å²) in [7, 11) is 3.11. The topological polar surface area (TPSA) is 71.1 Å². The van der Waals surface area contributed by atoms with Gasteiger partial charge in [0.1, 0.15) is 17.8 Å². The zero-order chi connectivity index (χ0) is 19.8. The van der Waals surface area contributed by atoms with Gasteiger partial charge in [-0.05, 0) is 30.0 Å². The van der Waals surface area contributed by atoms with Crippen LogP contribution in [0, 0.1) is 11.3 Å². The molecule has 0 amide bonds. The van der Waals surface area contributed by atoms with Crippen LogP contribution >= 0.6 is 0 Å². The van der Waals surface area contributed by atoms with Crippen molar-refractivity contribution < 1.29 is 28.5 Å². The fourth-order valence-corrected chi connectivity index (χ4v) is 3.87. The molecule has 1 aliphatic heterocycles. The summed E-state index contributed by atoms with van der Waals surface area (Å²) in [6.07, 6.45) is 0.393. The molecule has 2 atom stereocenters. The summed E-state index contributed by atoms with van der Waals surface area (Å²) < 4.78 is 22.1. The first-order valence-electron chi connectivity index (χ1n) is 9.12. The number of rotatable bonds is 5. The number of methoxy groups -OCH3 is 2. The molecule has 0 saturated heterocycles. The van der Waals surface area contributed by atoms with Crippen molar-refractivity contribution in [2.24, 2.45) is 11.3 Å². The van der Waals surface area contributed by atoms with Gasteiger partial charge in [0.25, 0.3) is 0 Å². The number of esters is 1. The molecular weight excluding hydrogens is 348 g/mol. The highest BCUT2D eigenvalue weighted by atomic mass is 16.5. The standard InChI is InChI=1S/C21H26O6/c1-6-26-20(23)18-17-13(22)10-21(2,3)11-16(17)27-19(18)12-7-8-14(24-4)15(9-12)25-5/h7-9,18-19H,6,10-11H2,1-5H3/t18-,19-/m1/s1. The van der Waals surface area contributed by atoms with Gasteiger partial charge in [-0.25, -0.2) is 0 Å². The third kappa shape index (κ3) is 3.53. The summed E-state index contributed by atoms with van der Waals surface area (Å²) in [5.41, 5.74) is 1.01. The molecule has 0 radical (unpaired) electrons. The van der Waals surface area contributed by atoms with Crippen molar-refractivity contribution in [3.8, 4) is 11.5 Å². The Labute approximate surface area is 159 Å². The van der Waals surface area contributed by atoms with Gasteiger partial charge in [-0.15, -0.1) is 0 Å². The molecule has 0 bridgehead atoms. The van der Waals surface area contributed by atoms with Gasteiger partial charge in [0.15, 0.2) is 17.3 Å². The van der Waals surface area contributed by atoms with Gasteiger partial charge in [-0.2, -0.15) is 0 Å². The first-order chi connectivity index (χ1) is 12.8. The molecule has 3 rings (SSSR count). The normalized spacial score (nSPS) is 23.5. The molecule has 1 heterocycles. The van der Waals surface area contributed by atoms with Crippen LogP contribution in [0.2, 0.25) is 0 Å². The lowest BCUT2D eigenvalue weighted by Gasteiger charge is -2.28. The molecule has 6 heteroatoms. The minimum Gasteiger partial charge on any atom is -0.493 e. The van der Waals surface area contributed by atoms with Crippen molar-refractivity contribution in [1.82, 2.24) is 0 Å². The van der Waals surface area contributed by atoms with Crippen LogP contribution in [0.1, 0.15) is 45.3 Å². The molecule has 1 aromatic rings. The van der Waals surface area contributed by atoms with E-state index in [0.29, 0.717) is 35.7 Å². The fourth-order valence-electron chi connectivity index (χ4n) is 3.87. The van der Waals surface area contributed by atoms with Gasteiger partial charge in [0.2, 0.25) is 0 Å². The molecule has 27 heavy (non-hydrogen) atoms. The van der Waals surface area contributed by atoms with Crippen LogP contribution in [0.25, 0.3) is 0 Å². The van der Waals surface area contributed by atoms with E-state index in [1.54, 1.807) is 33.3 Å². The van der Waals surface area contributed by atoms with Crippen LogP contribution in [0.15, 0.2) is 29.5 Å². The molecule has 0 unspecified atom stereocenters. The first kappa shape index (κ1) is 19.3. The molecule has 0 N–H and O–H groups in total. The maximum atomic E-state index is 12.8. The van der Waals surface area contributed by atoms with Crippen molar-refractivity contribution in [2.75, 3.05) is 20.8 Å². The van der Waals surface area contributed by atoms with Crippen LogP contribution in [0.3, 0.4) is 0 Å². The van der Waals surface area contributed by atoms with Crippen molar-refractivity contribution in [3.05, 3.63) is 35.1 Å². The van der Waals surface area contributed by atoms with Gasteiger partial charge in [-0.3, -0.25) is 9.59 Å². The van der Waals surface area contributed by atoms with Crippen molar-refractivity contribution in [1.29, 1.82) is 0 Å². The Hall–Kier alpha value is -2.50. The Kier molecular flexibility index (Phi) is 5.18. The Morgan fingerprint density at radius 1 is 1.19 bits per heavy atom. The van der Waals surface area contributed by atoms with Crippen molar-refractivity contribution in [3.63, 3.8) is 0 Å². The number of allylic oxidation sites excluding steroid dienone is 1. The van der Waals surface area contributed by atoms with Crippen molar-refractivity contribution >= 4 is 11.8 Å². The van der Waals surface area contributed by atoms with Crippen LogP contribution in [-0.2, 0) is 19.1 Å². The number of carbonyl (C=O) groups excluding carboxylic acids is 2. The van der Waals surface area contributed by atoms with E-state index in [2.05, 4.69) is 0 Å². The average Bonchev–Trinajstić information content (AvgIpc) is 2.99. The highest BCUT2D eigenvalue weighted by molar-refractivity contribution is 6.03. The number of Topliss-reactive ketones (excluding diaryl/α,β-unsaturated/α-hetero) is 1. The van der Waals surface area contributed by atoms with E-state index in [1.165, 1.54) is 0 Å². The maximum absolute atomic E-state index is 12.8. The maximum Gasteiger partial charge on any atom is 0.317 e. The number of hydrogen-bond donors (Lipinski definition) is 0. The second kappa shape index (κ2) is 7.25. The summed E-state index contributed by atoms with van der Waals surface area (Å²) in [4.78, 5) is 25.5. The third-order valence-electron chi connectivity index (χ3n) is 5.04. The van der Waals surface area contributed by atoms with E-state index >= 15 is 0 Å². The Bertz CT molecular complexity index is 792. The SMILES string of the molecule is CCOC(=O)[C@@H]1C2=C(CC(C)(C)CC2=O)O[C@@H]1c1ccc(OC)c(OC)c1. The summed E-state index contributed by atoms with van der Waals surface area (Å²) in [6.45, 7) is 6.05. The monoisotopic (exact) mass is 374 g/mol. The number of ether oxygens (including phenoxy) is 4. The van der Waals surface area contributed by atoms with E-state index in [4.69, 9.17) is 18.9 Å². The molecule has 6 nitrogen and oxygen atoms in total. The lowest BCUT2D eigenvalue weighted by Crippen LogP contribution is -2.30. The summed E-state index contributed by atoms with van der Waals surface area (Å²) in [5.74, 6) is 0.493. The molecule has 2 aliphatic rings. The van der Waals surface area contributed by atoms with Crippen LogP contribution in [0.4, 0.5) is 0 Å². The molecule has 1 aromatic carbocycles. The Morgan fingerprint density at radius 2 is 1.89 bits per heavy atom. The first-order valence-corrected chi connectivity index (χ1v) is 9.12. The van der Waals surface area contributed by atoms with Gasteiger partial charge >= 0.3 is 5.97 Å². The molecule has 1 aliphatic carbocycles. The highest BCUT2D eigenvalue weighted by Gasteiger charge is 2.50. The van der Waals surface area contributed by atoms with E-state index in [0.717, 1.165) is 5.56 Å². The predicted octanol–water partition coefficient (Wildman–Crippen LogP) is 3.60. The minimum atomic E-state index is -0.762. The van der Waals surface area contributed by atoms with Crippen LogP contribution in [0.5, 0.6) is 11.5 Å². The van der Waals surface area contributed by atoms with Gasteiger partial charge in [0.05, 0.1) is 26.4 Å². The van der Waals surface area contributed by atoms with Crippen LogP contribution < -0.4 is 9.47 Å². The predicted molar refractivity (Wildman–Crippen MR) is 98.5 cm³/mol. The lowest BCUT2D eigenvalue weighted by atomic mass is 9.74. The van der Waals surface area contributed by atoms with Gasteiger partial charge < -0.3 is 18.9 Å². The fraction of sp³-hybridized carbons (Fsp3) is 0.524. The largest absolute Gasteiger partial charge is 0.493 e. The Balaban J connectivity index is 2.03. The number of benzene rings is 1. The molecule has 146 valence electrons. The molecular formula is C21H26O6. The molecule has 0 fully saturated rings. The zero-order valence-corrected chi connectivity index (χ0v) is 16.5. The Morgan fingerprint density at radius 3 is 2.52 bits per heavy atom. The molecule has 0 saturated carbocycles. The third-order valence-corrected chi connectivity index (χ3v) is 5.04. The summed E-state index contributed by atoms with van der Waals surface area (Å²) in [6, 6.07) is 5.37. The average molecular weight is 374 g/mol. The second-order valence-corrected chi connectivity index (χ2v) is 7.66. The minimum absolute atomic E-state index is 0.0396. The van der Waals surface area contributed by atoms with E-state index in [1.807, 2.05) is 19.9 Å². The van der Waals surface area contributed by atoms with Crippen LogP contribution in [-0.4, -0.2) is 32.6 Å². The number of ketones is 1. The summed E-state index contributed by atoms with van der Waals surface area (Å²) >= 11 is 0. The zero-order valence-electron chi connectivity index (χ0n) is 16.5. The van der Waals surface area contributed by atoms with Gasteiger partial charge in [-0.1, -0.05) is 19.9 Å². The highest BCUT2D eigenvalue weighted by Crippen LogP contribution is 2.51. The smallest absolute Gasteiger partial charge is 0.317 e. The number of carbonyl (C=O) groups is 2. The van der Waals surface area contributed by atoms with E-state index in [-0.39, 0.29) is 17.8 Å². The van der Waals surface area contributed by atoms with E-state index < -0.39 is 18.0 Å². The van der Waals surface area contributed by atoms with Gasteiger partial charge in [0, 0.05) is 12.8 Å². The van der Waals surface area contributed by atoms with E-state index in [9.17, 15) is 9.59 Å². The molecule has 0 spiro atoms. The number of hydrogen-bond acceptors (Lipinski definition) is 6. The lowest BCUT2D eigenvalue weighted by molar-refractivity contribution is -0.150.